The molecule has 2 aromatic rings. The number of carboxylic acids is 1. The van der Waals surface area contributed by atoms with Gasteiger partial charge in [0.15, 0.2) is 5.78 Å². The summed E-state index contributed by atoms with van der Waals surface area (Å²) in [7, 11) is 0. The maximum atomic E-state index is 12.6. The fourth-order valence-electron chi connectivity index (χ4n) is 2.82. The van der Waals surface area contributed by atoms with Gasteiger partial charge in [-0.2, -0.15) is 0 Å². The van der Waals surface area contributed by atoms with Crippen LogP contribution in [0.15, 0.2) is 54.6 Å². The minimum Gasteiger partial charge on any atom is -0.480 e. The summed E-state index contributed by atoms with van der Waals surface area (Å²) in [6.45, 7) is 2.06. The Balaban J connectivity index is 1.78. The van der Waals surface area contributed by atoms with Gasteiger partial charge >= 0.3 is 5.97 Å². The minimum atomic E-state index is -0.815. The highest BCUT2D eigenvalue weighted by Gasteiger charge is 2.33. The van der Waals surface area contributed by atoms with E-state index in [1.54, 1.807) is 11.8 Å². The van der Waals surface area contributed by atoms with E-state index in [9.17, 15) is 9.59 Å². The van der Waals surface area contributed by atoms with Gasteiger partial charge in [0, 0.05) is 22.8 Å². The summed E-state index contributed by atoms with van der Waals surface area (Å²) in [6.07, 6.45) is 0. The van der Waals surface area contributed by atoms with Crippen LogP contribution in [0.4, 0.5) is 0 Å². The van der Waals surface area contributed by atoms with Gasteiger partial charge < -0.3 is 5.11 Å². The number of rotatable bonds is 5. The lowest BCUT2D eigenvalue weighted by Crippen LogP contribution is -2.38. The standard InChI is InChI=1S/C19H19NO3S/c1-12(18-20-16(11-24-18)19(22)23)14-8-5-9-15(10-14)17(21)13-6-3-2-4-7-13/h2-10,12,16,18,20H,11H2,1H3,(H,22,23). The highest BCUT2D eigenvalue weighted by Crippen LogP contribution is 2.32. The number of carboxylic acid groups (broad SMARTS) is 1. The maximum Gasteiger partial charge on any atom is 0.321 e. The molecule has 124 valence electrons. The molecule has 3 atom stereocenters. The Morgan fingerprint density at radius 1 is 1.12 bits per heavy atom. The third-order valence-electron chi connectivity index (χ3n) is 4.27. The lowest BCUT2D eigenvalue weighted by molar-refractivity contribution is -0.138. The Morgan fingerprint density at radius 3 is 2.50 bits per heavy atom. The lowest BCUT2D eigenvalue weighted by Gasteiger charge is -2.20. The summed E-state index contributed by atoms with van der Waals surface area (Å²) in [4.78, 5) is 23.7. The molecule has 0 amide bonds. The second-order valence-electron chi connectivity index (χ2n) is 5.92. The van der Waals surface area contributed by atoms with Gasteiger partial charge in [0.25, 0.3) is 0 Å². The number of nitrogens with one attached hydrogen (secondary N) is 1. The van der Waals surface area contributed by atoms with Gasteiger partial charge in [0.2, 0.25) is 0 Å². The smallest absolute Gasteiger partial charge is 0.321 e. The third-order valence-corrected chi connectivity index (χ3v) is 5.70. The molecule has 0 bridgehead atoms. The van der Waals surface area contributed by atoms with Gasteiger partial charge in [-0.1, -0.05) is 55.5 Å². The Kier molecular flexibility index (Phi) is 5.02. The maximum absolute atomic E-state index is 12.6. The Labute approximate surface area is 145 Å². The number of benzene rings is 2. The highest BCUT2D eigenvalue weighted by molar-refractivity contribution is 8.00. The molecule has 0 aliphatic carbocycles. The fourth-order valence-corrected chi connectivity index (χ4v) is 4.16. The number of thioether (sulfide) groups is 1. The molecule has 5 heteroatoms. The molecule has 24 heavy (non-hydrogen) atoms. The predicted molar refractivity (Wildman–Crippen MR) is 95.5 cm³/mol. The summed E-state index contributed by atoms with van der Waals surface area (Å²) in [5.41, 5.74) is 2.36. The largest absolute Gasteiger partial charge is 0.480 e. The predicted octanol–water partition coefficient (Wildman–Crippen LogP) is 3.14. The molecule has 1 aliphatic rings. The first-order valence-electron chi connectivity index (χ1n) is 7.86. The monoisotopic (exact) mass is 341 g/mol. The van der Waals surface area contributed by atoms with Gasteiger partial charge in [0.1, 0.15) is 6.04 Å². The Bertz CT molecular complexity index is 747. The molecule has 1 fully saturated rings. The molecule has 1 aliphatic heterocycles. The van der Waals surface area contributed by atoms with Crippen LogP contribution in [0.25, 0.3) is 0 Å². The number of carbonyl (C=O) groups is 2. The topological polar surface area (TPSA) is 66.4 Å². The first-order chi connectivity index (χ1) is 11.6. The molecule has 0 saturated carbocycles. The van der Waals surface area contributed by atoms with Crippen LogP contribution in [0.3, 0.4) is 0 Å². The molecule has 3 rings (SSSR count). The molecule has 2 N–H and O–H groups in total. The van der Waals surface area contributed by atoms with E-state index in [0.717, 1.165) is 5.56 Å². The van der Waals surface area contributed by atoms with Crippen LogP contribution >= 0.6 is 11.8 Å². The molecule has 1 heterocycles. The van der Waals surface area contributed by atoms with Crippen molar-refractivity contribution in [2.75, 3.05) is 5.75 Å². The van der Waals surface area contributed by atoms with Crippen molar-refractivity contribution in [2.45, 2.75) is 24.3 Å². The van der Waals surface area contributed by atoms with Crippen LogP contribution in [-0.2, 0) is 4.79 Å². The van der Waals surface area contributed by atoms with E-state index in [4.69, 9.17) is 5.11 Å². The van der Waals surface area contributed by atoms with Gasteiger partial charge in [0.05, 0.1) is 5.37 Å². The van der Waals surface area contributed by atoms with Gasteiger partial charge in [-0.25, -0.2) is 0 Å². The molecule has 1 saturated heterocycles. The Hall–Kier alpha value is -2.11. The molecule has 3 unspecified atom stereocenters. The van der Waals surface area contributed by atoms with Crippen molar-refractivity contribution in [3.8, 4) is 0 Å². The van der Waals surface area contributed by atoms with Gasteiger partial charge in [-0.05, 0) is 11.6 Å². The van der Waals surface area contributed by atoms with E-state index < -0.39 is 12.0 Å². The van der Waals surface area contributed by atoms with Crippen LogP contribution in [0.1, 0.15) is 34.3 Å². The summed E-state index contributed by atoms with van der Waals surface area (Å²) in [5, 5.41) is 12.3. The summed E-state index contributed by atoms with van der Waals surface area (Å²) >= 11 is 1.62. The summed E-state index contributed by atoms with van der Waals surface area (Å²) in [6, 6.07) is 16.3. The van der Waals surface area contributed by atoms with Crippen molar-refractivity contribution >= 4 is 23.5 Å². The zero-order chi connectivity index (χ0) is 17.1. The van der Waals surface area contributed by atoms with Crippen molar-refractivity contribution in [1.82, 2.24) is 5.32 Å². The zero-order valence-corrected chi connectivity index (χ0v) is 14.1. The van der Waals surface area contributed by atoms with E-state index in [0.29, 0.717) is 16.9 Å². The zero-order valence-electron chi connectivity index (χ0n) is 13.3. The normalized spacial score (nSPS) is 21.4. The van der Waals surface area contributed by atoms with Crippen molar-refractivity contribution < 1.29 is 14.7 Å². The lowest BCUT2D eigenvalue weighted by atomic mass is 9.95. The second-order valence-corrected chi connectivity index (χ2v) is 7.10. The minimum absolute atomic E-state index is 0.0000895. The quantitative estimate of drug-likeness (QED) is 0.818. The number of aliphatic carboxylic acids is 1. The van der Waals surface area contributed by atoms with Crippen LogP contribution in [-0.4, -0.2) is 34.0 Å². The summed E-state index contributed by atoms with van der Waals surface area (Å²) in [5.74, 6) is -0.138. The van der Waals surface area contributed by atoms with Crippen molar-refractivity contribution in [3.05, 3.63) is 71.3 Å². The van der Waals surface area contributed by atoms with E-state index in [-0.39, 0.29) is 17.1 Å². The highest BCUT2D eigenvalue weighted by atomic mass is 32.2. The SMILES string of the molecule is CC(c1cccc(C(=O)c2ccccc2)c1)C1NC(C(=O)O)CS1. The second kappa shape index (κ2) is 7.20. The molecule has 0 spiro atoms. The summed E-state index contributed by atoms with van der Waals surface area (Å²) < 4.78 is 0. The van der Waals surface area contributed by atoms with Crippen LogP contribution < -0.4 is 5.32 Å². The number of ketones is 1. The van der Waals surface area contributed by atoms with Crippen molar-refractivity contribution in [3.63, 3.8) is 0 Å². The Morgan fingerprint density at radius 2 is 1.83 bits per heavy atom. The van der Waals surface area contributed by atoms with Crippen LogP contribution in [0, 0.1) is 0 Å². The number of carbonyl (C=O) groups excluding carboxylic acids is 1. The van der Waals surface area contributed by atoms with Gasteiger partial charge in [-0.15, -0.1) is 11.8 Å². The van der Waals surface area contributed by atoms with E-state index >= 15 is 0 Å². The first kappa shape index (κ1) is 16.7. The van der Waals surface area contributed by atoms with Gasteiger partial charge in [-0.3, -0.25) is 14.9 Å². The molecule has 2 aromatic carbocycles. The average molecular weight is 341 g/mol. The van der Waals surface area contributed by atoms with Crippen LogP contribution in [0.2, 0.25) is 0 Å². The van der Waals surface area contributed by atoms with Crippen molar-refractivity contribution in [1.29, 1.82) is 0 Å². The molecule has 0 aromatic heterocycles. The molecule has 0 radical (unpaired) electrons. The van der Waals surface area contributed by atoms with E-state index in [1.807, 2.05) is 54.6 Å². The number of hydrogen-bond acceptors (Lipinski definition) is 4. The molecular weight excluding hydrogens is 322 g/mol. The van der Waals surface area contributed by atoms with Crippen LogP contribution in [0.5, 0.6) is 0 Å². The number of hydrogen-bond donors (Lipinski definition) is 2. The molecule has 4 nitrogen and oxygen atoms in total. The third kappa shape index (κ3) is 3.52. The first-order valence-corrected chi connectivity index (χ1v) is 8.91. The fraction of sp³-hybridized carbons (Fsp3) is 0.263. The van der Waals surface area contributed by atoms with E-state index in [1.165, 1.54) is 0 Å². The average Bonchev–Trinajstić information content (AvgIpc) is 3.12. The molecular formula is C19H19NO3S. The van der Waals surface area contributed by atoms with E-state index in [2.05, 4.69) is 12.2 Å². The van der Waals surface area contributed by atoms with Crippen molar-refractivity contribution in [2.24, 2.45) is 0 Å².